The number of aromatic carboxylic acids is 1. The second-order valence-corrected chi connectivity index (χ2v) is 11.7. The highest BCUT2D eigenvalue weighted by atomic mass is 16.5. The Labute approximate surface area is 309 Å². The summed E-state index contributed by atoms with van der Waals surface area (Å²) in [4.78, 5) is 59.4. The number of hydrogen-bond acceptors (Lipinski definition) is 11. The minimum atomic E-state index is -1.28. The van der Waals surface area contributed by atoms with E-state index in [0.717, 1.165) is 63.5 Å². The van der Waals surface area contributed by atoms with Crippen LogP contribution in [0, 0.1) is 0 Å². The molecule has 12 heteroatoms. The number of esters is 4. The van der Waals surface area contributed by atoms with Crippen LogP contribution in [0.15, 0.2) is 92.0 Å². The van der Waals surface area contributed by atoms with E-state index < -0.39 is 29.8 Å². The van der Waals surface area contributed by atoms with Gasteiger partial charge in [0, 0.05) is 18.6 Å². The number of ether oxygens (including phenoxy) is 6. The Hall–Kier alpha value is -5.91. The Bertz CT molecular complexity index is 1660. The molecule has 3 aromatic carbocycles. The summed E-state index contributed by atoms with van der Waals surface area (Å²) < 4.78 is 32.1. The van der Waals surface area contributed by atoms with E-state index >= 15 is 0 Å². The van der Waals surface area contributed by atoms with Gasteiger partial charge in [-0.15, -0.1) is 0 Å². The molecule has 0 heterocycles. The fourth-order valence-electron chi connectivity index (χ4n) is 4.83. The van der Waals surface area contributed by atoms with Crippen molar-refractivity contribution in [1.82, 2.24) is 0 Å². The summed E-state index contributed by atoms with van der Waals surface area (Å²) in [6.45, 7) is 8.43. The lowest BCUT2D eigenvalue weighted by atomic mass is 10.1. The van der Waals surface area contributed by atoms with Gasteiger partial charge in [-0.05, 0) is 118 Å². The molecule has 0 unspecified atom stereocenters. The first-order valence-corrected chi connectivity index (χ1v) is 17.5. The average Bonchev–Trinajstić information content (AvgIpc) is 3.17. The summed E-state index contributed by atoms with van der Waals surface area (Å²) in [6.07, 6.45) is 9.32. The summed E-state index contributed by atoms with van der Waals surface area (Å²) in [5.41, 5.74) is 0.937. The van der Waals surface area contributed by atoms with Gasteiger partial charge in [0.15, 0.2) is 0 Å². The molecule has 0 aromatic heterocycles. The summed E-state index contributed by atoms with van der Waals surface area (Å²) in [5, 5.41) is 9.78. The third-order valence-corrected chi connectivity index (χ3v) is 7.72. The van der Waals surface area contributed by atoms with Crippen LogP contribution in [-0.4, -0.2) is 68.0 Å². The number of unbranched alkanes of at least 4 members (excludes halogenated alkanes) is 6. The van der Waals surface area contributed by atoms with Crippen LogP contribution in [0.2, 0.25) is 0 Å². The molecule has 0 amide bonds. The molecule has 12 nitrogen and oxygen atoms in total. The van der Waals surface area contributed by atoms with Crippen LogP contribution in [0.4, 0.5) is 0 Å². The van der Waals surface area contributed by atoms with Crippen LogP contribution in [0.5, 0.6) is 17.2 Å². The van der Waals surface area contributed by atoms with E-state index in [4.69, 9.17) is 28.4 Å². The van der Waals surface area contributed by atoms with Crippen LogP contribution in [-0.2, 0) is 30.2 Å². The Morgan fingerprint density at radius 3 is 1.49 bits per heavy atom. The lowest BCUT2D eigenvalue weighted by molar-refractivity contribution is -0.138. The molecule has 0 atom stereocenters. The molecule has 0 radical (unpaired) electrons. The topological polar surface area (TPSA) is 161 Å². The third-order valence-electron chi connectivity index (χ3n) is 7.72. The number of carbonyl (C=O) groups is 5. The molecule has 53 heavy (non-hydrogen) atoms. The number of carboxylic acid groups (broad SMARTS) is 1. The average molecular weight is 731 g/mol. The molecule has 1 N–H and O–H groups in total. The second-order valence-electron chi connectivity index (χ2n) is 11.7. The molecule has 0 saturated carbocycles. The van der Waals surface area contributed by atoms with Gasteiger partial charge in [-0.25, -0.2) is 24.0 Å². The normalized spacial score (nSPS) is 10.4. The van der Waals surface area contributed by atoms with Crippen molar-refractivity contribution >= 4 is 29.8 Å². The lowest BCUT2D eigenvalue weighted by Gasteiger charge is -2.11. The number of rotatable bonds is 25. The van der Waals surface area contributed by atoms with Crippen LogP contribution < -0.4 is 14.2 Å². The van der Waals surface area contributed by atoms with Crippen LogP contribution in [0.25, 0.3) is 0 Å². The Morgan fingerprint density at radius 2 is 1.02 bits per heavy atom. The van der Waals surface area contributed by atoms with Crippen molar-refractivity contribution in [2.45, 2.75) is 57.8 Å². The monoisotopic (exact) mass is 730 g/mol. The van der Waals surface area contributed by atoms with Crippen molar-refractivity contribution in [2.75, 3.05) is 33.0 Å². The first-order valence-electron chi connectivity index (χ1n) is 17.5. The van der Waals surface area contributed by atoms with Crippen molar-refractivity contribution in [2.24, 2.45) is 0 Å². The fraction of sp³-hybridized carbons (Fsp3) is 0.341. The lowest BCUT2D eigenvalue weighted by Crippen LogP contribution is -2.12. The standard InChI is InChI=1S/C41H46O12/c1-3-37(42)50-26-11-7-5-9-24-48-33-18-14-31(15-19-33)40(46)52-28-23-30-13-22-36(35(29-30)39(44)45)53-41(47)32-16-20-34(21-17-32)49-25-10-6-8-12-27-51-38(43)4-2/h3-4,13-22,29H,1-2,5-12,23-28H2,(H,44,45). The molecule has 3 aromatic rings. The summed E-state index contributed by atoms with van der Waals surface area (Å²) in [5.74, 6) is -2.30. The molecule has 282 valence electrons. The predicted molar refractivity (Wildman–Crippen MR) is 195 cm³/mol. The van der Waals surface area contributed by atoms with Gasteiger partial charge >= 0.3 is 29.8 Å². The molecule has 0 bridgehead atoms. The van der Waals surface area contributed by atoms with E-state index in [1.165, 1.54) is 24.3 Å². The Morgan fingerprint density at radius 1 is 0.547 bits per heavy atom. The minimum absolute atomic E-state index is 0.00368. The van der Waals surface area contributed by atoms with E-state index in [1.807, 2.05) is 0 Å². The quantitative estimate of drug-likeness (QED) is 0.0304. The maximum Gasteiger partial charge on any atom is 0.343 e. The van der Waals surface area contributed by atoms with Crippen LogP contribution in [0.3, 0.4) is 0 Å². The molecule has 0 aliphatic rings. The van der Waals surface area contributed by atoms with Gasteiger partial charge in [0.2, 0.25) is 0 Å². The maximum atomic E-state index is 12.8. The van der Waals surface area contributed by atoms with E-state index in [0.29, 0.717) is 49.1 Å². The van der Waals surface area contributed by atoms with Crippen molar-refractivity contribution in [3.8, 4) is 17.2 Å². The van der Waals surface area contributed by atoms with Gasteiger partial charge in [0.25, 0.3) is 0 Å². The van der Waals surface area contributed by atoms with E-state index in [-0.39, 0.29) is 29.9 Å². The molecule has 3 rings (SSSR count). The van der Waals surface area contributed by atoms with Gasteiger partial charge in [0.1, 0.15) is 22.8 Å². The number of hydrogen-bond donors (Lipinski definition) is 1. The summed E-state index contributed by atoms with van der Waals surface area (Å²) in [6, 6.07) is 17.3. The van der Waals surface area contributed by atoms with Crippen molar-refractivity contribution < 1.29 is 57.5 Å². The predicted octanol–water partition coefficient (Wildman–Crippen LogP) is 7.34. The molecule has 0 saturated heterocycles. The zero-order chi connectivity index (χ0) is 38.3. The molecule has 0 spiro atoms. The van der Waals surface area contributed by atoms with Crippen molar-refractivity contribution in [3.63, 3.8) is 0 Å². The van der Waals surface area contributed by atoms with Crippen LogP contribution >= 0.6 is 0 Å². The van der Waals surface area contributed by atoms with Crippen LogP contribution in [0.1, 0.15) is 88.0 Å². The van der Waals surface area contributed by atoms with Gasteiger partial charge in [-0.3, -0.25) is 0 Å². The molecule has 0 aliphatic heterocycles. The number of carboxylic acids is 1. The fourth-order valence-corrected chi connectivity index (χ4v) is 4.83. The zero-order valence-electron chi connectivity index (χ0n) is 29.8. The van der Waals surface area contributed by atoms with E-state index in [1.54, 1.807) is 42.5 Å². The molecule has 0 aliphatic carbocycles. The minimum Gasteiger partial charge on any atom is -0.494 e. The number of benzene rings is 3. The zero-order valence-corrected chi connectivity index (χ0v) is 29.8. The molecular weight excluding hydrogens is 684 g/mol. The number of carbonyl (C=O) groups excluding carboxylic acids is 4. The van der Waals surface area contributed by atoms with E-state index in [9.17, 15) is 29.1 Å². The highest BCUT2D eigenvalue weighted by Gasteiger charge is 2.17. The van der Waals surface area contributed by atoms with Gasteiger partial charge < -0.3 is 33.5 Å². The third kappa shape index (κ3) is 15.9. The largest absolute Gasteiger partial charge is 0.494 e. The second kappa shape index (κ2) is 23.5. The van der Waals surface area contributed by atoms with Gasteiger partial charge in [-0.1, -0.05) is 19.2 Å². The smallest absolute Gasteiger partial charge is 0.343 e. The SMILES string of the molecule is C=CC(=O)OCCCCCCOc1ccc(C(=O)OCCc2ccc(OC(=O)c3ccc(OCCCCCCOC(=O)C=C)cc3)c(C(=O)O)c2)cc1. The molecule has 0 fully saturated rings. The highest BCUT2D eigenvalue weighted by molar-refractivity contribution is 5.95. The van der Waals surface area contributed by atoms with E-state index in [2.05, 4.69) is 13.2 Å². The Kier molecular flexibility index (Phi) is 18.4. The van der Waals surface area contributed by atoms with Crippen molar-refractivity contribution in [3.05, 3.63) is 114 Å². The first-order chi connectivity index (χ1) is 25.7. The molecular formula is C41H46O12. The Balaban J connectivity index is 1.37. The summed E-state index contributed by atoms with van der Waals surface area (Å²) in [7, 11) is 0. The maximum absolute atomic E-state index is 12.8. The summed E-state index contributed by atoms with van der Waals surface area (Å²) >= 11 is 0. The van der Waals surface area contributed by atoms with Crippen molar-refractivity contribution in [1.29, 1.82) is 0 Å². The first kappa shape index (κ1) is 41.5. The van der Waals surface area contributed by atoms with Gasteiger partial charge in [-0.2, -0.15) is 0 Å². The highest BCUT2D eigenvalue weighted by Crippen LogP contribution is 2.23. The van der Waals surface area contributed by atoms with Gasteiger partial charge in [0.05, 0.1) is 44.2 Å².